The molecule has 1 aromatic heterocycles. The molecule has 3 aromatic rings. The minimum Gasteiger partial charge on any atom is -0.656 e. The number of anilines is 1. The topological polar surface area (TPSA) is 92.6 Å². The normalized spacial score (nSPS) is 21.7. The summed E-state index contributed by atoms with van der Waals surface area (Å²) in [6.07, 6.45) is 8.27. The second-order valence-corrected chi connectivity index (χ2v) is 16.5. The number of piperazine rings is 1. The summed E-state index contributed by atoms with van der Waals surface area (Å²) < 4.78 is 0. The number of rotatable bonds is 10. The van der Waals surface area contributed by atoms with Crippen LogP contribution in [-0.4, -0.2) is 58.5 Å². The van der Waals surface area contributed by atoms with Gasteiger partial charge in [0.2, 0.25) is 0 Å². The Bertz CT molecular complexity index is 1620. The van der Waals surface area contributed by atoms with Gasteiger partial charge in [0.15, 0.2) is 5.82 Å². The molecule has 8 heteroatoms. The van der Waals surface area contributed by atoms with Gasteiger partial charge in [0.05, 0.1) is 5.69 Å². The van der Waals surface area contributed by atoms with Gasteiger partial charge in [-0.2, -0.15) is 5.06 Å². The third kappa shape index (κ3) is 9.02. The average molecular weight is 719 g/mol. The van der Waals surface area contributed by atoms with Gasteiger partial charge in [0.1, 0.15) is 5.82 Å². The summed E-state index contributed by atoms with van der Waals surface area (Å²) in [5.74, 6) is 2.39. The zero-order valence-corrected chi connectivity index (χ0v) is 36.5. The molecule has 2 heterocycles. The van der Waals surface area contributed by atoms with Crippen molar-refractivity contribution in [1.82, 2.24) is 15.0 Å². The molecule has 2 aromatic carbocycles. The van der Waals surface area contributed by atoms with Crippen molar-refractivity contribution in [2.75, 3.05) is 37.6 Å². The maximum absolute atomic E-state index is 10.1. The van der Waals surface area contributed by atoms with Crippen LogP contribution in [0, 0.1) is 16.7 Å². The Morgan fingerprint density at radius 1 is 0.902 bits per heavy atom. The van der Waals surface area contributed by atoms with Crippen LogP contribution in [-0.2, 0) is 5.41 Å². The van der Waals surface area contributed by atoms with E-state index in [4.69, 9.17) is 21.0 Å². The molecule has 0 amide bonds. The molecule has 2 bridgehead atoms. The Morgan fingerprint density at radius 3 is 2.25 bits per heavy atom. The predicted molar refractivity (Wildman–Crippen MR) is 209 cm³/mol. The maximum Gasteiger partial charge on any atom is 1.00 e. The third-order valence-electron chi connectivity index (χ3n) is 12.9. The number of nitrogens with zero attached hydrogens (tertiary/aromatic N) is 5. The minimum absolute atomic E-state index is 0. The number of aromatic nitrogens is 2. The van der Waals surface area contributed by atoms with Crippen LogP contribution in [0.25, 0.3) is 22.1 Å². The SMILES string of the molecule is C/C(N)=C(\c1ccccc1)c1nc(-c2cccc(C(C)(C)C(C)(C)C(C)(C)[N-]CC34CCCC(CC3)C4)c2)cc(N2CCN(O)CC2)n1.CC.[K+]. The number of hydrogen-bond donors (Lipinski definition) is 2. The van der Waals surface area contributed by atoms with E-state index in [2.05, 4.69) is 88.9 Å². The fraction of sp³-hybridized carbons (Fsp3) is 0.581. The minimum atomic E-state index is -0.213. The van der Waals surface area contributed by atoms with Crippen LogP contribution >= 0.6 is 0 Å². The number of allylic oxidation sites excluding steroid dienone is 1. The van der Waals surface area contributed by atoms with E-state index in [9.17, 15) is 5.21 Å². The van der Waals surface area contributed by atoms with Gasteiger partial charge in [-0.3, -0.25) is 0 Å². The van der Waals surface area contributed by atoms with E-state index in [0.29, 0.717) is 43.1 Å². The molecule has 272 valence electrons. The Labute approximate surface area is 351 Å². The smallest absolute Gasteiger partial charge is 0.656 e. The van der Waals surface area contributed by atoms with Gasteiger partial charge in [-0.25, -0.2) is 9.97 Å². The number of nitrogens with two attached hydrogens (primary N) is 1. The van der Waals surface area contributed by atoms with Gasteiger partial charge in [-0.05, 0) is 72.0 Å². The monoisotopic (exact) mass is 718 g/mol. The molecule has 51 heavy (non-hydrogen) atoms. The summed E-state index contributed by atoms with van der Waals surface area (Å²) in [5.41, 5.74) is 12.1. The predicted octanol–water partition coefficient (Wildman–Crippen LogP) is 6.85. The quantitative estimate of drug-likeness (QED) is 0.223. The average Bonchev–Trinajstić information content (AvgIpc) is 3.41. The van der Waals surface area contributed by atoms with Crippen molar-refractivity contribution in [3.63, 3.8) is 0 Å². The van der Waals surface area contributed by atoms with E-state index in [1.165, 1.54) is 49.2 Å². The largest absolute Gasteiger partial charge is 1.00 e. The second-order valence-electron chi connectivity index (χ2n) is 16.5. The Hall–Kier alpha value is -1.62. The molecular weight excluding hydrogens is 656 g/mol. The molecule has 3 N–H and O–H groups in total. The van der Waals surface area contributed by atoms with Crippen molar-refractivity contribution in [3.8, 4) is 11.3 Å². The molecule has 0 spiro atoms. The van der Waals surface area contributed by atoms with E-state index >= 15 is 0 Å². The summed E-state index contributed by atoms with van der Waals surface area (Å²) in [7, 11) is 0. The van der Waals surface area contributed by atoms with Crippen molar-refractivity contribution in [2.24, 2.45) is 22.5 Å². The molecule has 1 aliphatic heterocycles. The molecule has 7 nitrogen and oxygen atoms in total. The first-order valence-electron chi connectivity index (χ1n) is 19.1. The van der Waals surface area contributed by atoms with Crippen molar-refractivity contribution < 1.29 is 56.6 Å². The first-order chi connectivity index (χ1) is 23.7. The van der Waals surface area contributed by atoms with E-state index in [0.717, 1.165) is 40.7 Å². The molecule has 2 atom stereocenters. The summed E-state index contributed by atoms with van der Waals surface area (Å²) >= 11 is 0. The number of hydrogen-bond acceptors (Lipinski definition) is 6. The summed E-state index contributed by atoms with van der Waals surface area (Å²) in [6.45, 7) is 23.7. The van der Waals surface area contributed by atoms with E-state index < -0.39 is 0 Å². The van der Waals surface area contributed by atoms with Crippen molar-refractivity contribution >= 4 is 11.4 Å². The Morgan fingerprint density at radius 2 is 1.59 bits per heavy atom. The summed E-state index contributed by atoms with van der Waals surface area (Å²) in [6, 6.07) is 21.2. The molecule has 3 fully saturated rings. The second kappa shape index (κ2) is 17.2. The molecule has 3 aliphatic rings. The summed E-state index contributed by atoms with van der Waals surface area (Å²) in [5, 5.41) is 17.0. The molecule has 1 saturated heterocycles. The standard InChI is InChI=1S/C41H57N6O.C2H6.K/c1-29(42)36(31-14-9-8-10-15-31)37-44-34(26-35(45-37)46-21-23-47(48)24-22-46)32-16-11-17-33(25-32)38(2,3)39(4,5)40(6,7)43-28-41-19-12-13-30(27-41)18-20-41;1-2;/h8-11,14-17,25-26,30,48H,12-13,18-24,27-28,42H2,1-7H3;1-2H3;/q-1;;+1/b36-29-;;. The van der Waals surface area contributed by atoms with Gasteiger partial charge in [0, 0.05) is 49.1 Å². The van der Waals surface area contributed by atoms with Gasteiger partial charge >= 0.3 is 51.4 Å². The zero-order chi connectivity index (χ0) is 36.3. The van der Waals surface area contributed by atoms with Crippen LogP contribution in [0.3, 0.4) is 0 Å². The van der Waals surface area contributed by atoms with Gasteiger partial charge < -0.3 is 21.2 Å². The first-order valence-corrected chi connectivity index (χ1v) is 19.1. The fourth-order valence-electron chi connectivity index (χ4n) is 8.46. The van der Waals surface area contributed by atoms with Crippen LogP contribution < -0.4 is 62.0 Å². The van der Waals surface area contributed by atoms with Gasteiger partial charge in [0.25, 0.3) is 0 Å². The zero-order valence-electron chi connectivity index (χ0n) is 33.4. The van der Waals surface area contributed by atoms with E-state index in [-0.39, 0.29) is 67.8 Å². The maximum atomic E-state index is 10.1. The van der Waals surface area contributed by atoms with Crippen LogP contribution in [0.15, 0.2) is 66.4 Å². The molecule has 2 saturated carbocycles. The number of hydroxylamine groups is 2. The Balaban J connectivity index is 0.00000191. The van der Waals surface area contributed by atoms with E-state index in [1.54, 1.807) is 0 Å². The summed E-state index contributed by atoms with van der Waals surface area (Å²) in [4.78, 5) is 12.5. The Kier molecular flexibility index (Phi) is 14.2. The number of benzene rings is 2. The molecular formula is C43H63KN6O. The fourth-order valence-corrected chi connectivity index (χ4v) is 8.46. The molecule has 6 rings (SSSR count). The van der Waals surface area contributed by atoms with E-state index in [1.807, 2.05) is 39.0 Å². The van der Waals surface area contributed by atoms with Crippen LogP contribution in [0.5, 0.6) is 0 Å². The van der Waals surface area contributed by atoms with Crippen LogP contribution in [0.4, 0.5) is 5.82 Å². The first kappa shape index (κ1) is 42.1. The number of fused-ring (bicyclic) bond motifs is 2. The van der Waals surface area contributed by atoms with Crippen LogP contribution in [0.2, 0.25) is 0 Å². The van der Waals surface area contributed by atoms with Crippen molar-refractivity contribution in [1.29, 1.82) is 0 Å². The third-order valence-corrected chi connectivity index (χ3v) is 12.9. The van der Waals surface area contributed by atoms with Gasteiger partial charge in [-0.15, -0.1) is 12.1 Å². The van der Waals surface area contributed by atoms with Crippen molar-refractivity contribution in [3.05, 3.63) is 88.6 Å². The molecule has 2 aliphatic carbocycles. The van der Waals surface area contributed by atoms with Crippen molar-refractivity contribution in [2.45, 2.75) is 112 Å². The molecule has 2 unspecified atom stereocenters. The van der Waals surface area contributed by atoms with Gasteiger partial charge in [-0.1, -0.05) is 117 Å². The molecule has 0 radical (unpaired) electrons. The van der Waals surface area contributed by atoms with Crippen LogP contribution in [0.1, 0.15) is 118 Å².